The number of likely N-dealkylation sites (tertiary alicyclic amines) is 1. The fourth-order valence-electron chi connectivity index (χ4n) is 4.22. The van der Waals surface area contributed by atoms with Gasteiger partial charge in [-0.1, -0.05) is 42.5 Å². The third-order valence-electron chi connectivity index (χ3n) is 6.23. The van der Waals surface area contributed by atoms with Crippen molar-refractivity contribution < 1.29 is 27.8 Å². The number of amides is 1. The van der Waals surface area contributed by atoms with E-state index in [4.69, 9.17) is 15.2 Å². The lowest BCUT2D eigenvalue weighted by Crippen LogP contribution is -2.22. The smallest absolute Gasteiger partial charge is 0.289 e. The number of aryl methyl sites for hydroxylation is 1. The average Bonchev–Trinajstić information content (AvgIpc) is 3.43. The van der Waals surface area contributed by atoms with Gasteiger partial charge in [-0.15, -0.1) is 0 Å². The van der Waals surface area contributed by atoms with Gasteiger partial charge in [0.2, 0.25) is 5.78 Å². The molecule has 4 rings (SSSR count). The molecule has 0 unspecified atom stereocenters. The molecule has 0 radical (unpaired) electrons. The van der Waals surface area contributed by atoms with Gasteiger partial charge >= 0.3 is 0 Å². The maximum atomic E-state index is 14.2. The fraction of sp³-hybridized carbons (Fsp3) is 0.310. The zero-order valence-electron chi connectivity index (χ0n) is 21.1. The fourth-order valence-corrected chi connectivity index (χ4v) is 4.22. The summed E-state index contributed by atoms with van der Waals surface area (Å²) >= 11 is 0. The van der Waals surface area contributed by atoms with E-state index in [1.165, 1.54) is 64.4 Å². The van der Waals surface area contributed by atoms with Gasteiger partial charge in [0.1, 0.15) is 5.82 Å². The number of carbonyl (C=O) groups excluding carboxylic acids is 2. The highest BCUT2D eigenvalue weighted by atomic mass is 19.1. The zero-order chi connectivity index (χ0) is 26.8. The van der Waals surface area contributed by atoms with Crippen LogP contribution < -0.4 is 15.2 Å². The number of benzene rings is 3. The van der Waals surface area contributed by atoms with Gasteiger partial charge < -0.3 is 20.1 Å². The SMILES string of the molecule is COc1ccc(CCCN2CCCC2)c(F)c1OC.NC(=O)C(=O)c1ccc(-c2ccc(F)cc2)cc1. The summed E-state index contributed by atoms with van der Waals surface area (Å²) in [6, 6.07) is 16.0. The second-order valence-electron chi connectivity index (χ2n) is 8.70. The minimum absolute atomic E-state index is 0.209. The zero-order valence-corrected chi connectivity index (χ0v) is 21.1. The summed E-state index contributed by atoms with van der Waals surface area (Å²) in [4.78, 5) is 24.5. The van der Waals surface area contributed by atoms with Crippen LogP contribution in [0.1, 0.15) is 35.2 Å². The first-order chi connectivity index (χ1) is 17.8. The number of nitrogens with zero attached hydrogens (tertiary/aromatic N) is 1. The molecule has 1 aliphatic heterocycles. The standard InChI is InChI=1S/C15H22FNO2.C14H10FNO2/c1-18-13-8-7-12(14(16)15(13)19-2)6-5-11-17-9-3-4-10-17;15-12-7-5-10(6-8-12)9-1-3-11(4-2-9)13(17)14(16)18/h7-8H,3-6,9-11H2,1-2H3;1-8H,(H2,16,18). The molecule has 1 amide bonds. The molecule has 1 fully saturated rings. The van der Waals surface area contributed by atoms with Crippen LogP contribution in [0.15, 0.2) is 60.7 Å². The molecule has 1 aliphatic rings. The van der Waals surface area contributed by atoms with E-state index >= 15 is 0 Å². The molecule has 1 heterocycles. The molecule has 0 bridgehead atoms. The van der Waals surface area contributed by atoms with Crippen molar-refractivity contribution in [3.8, 4) is 22.6 Å². The summed E-state index contributed by atoms with van der Waals surface area (Å²) in [6.45, 7) is 3.43. The maximum absolute atomic E-state index is 14.2. The molecular weight excluding hydrogens is 478 g/mol. The van der Waals surface area contributed by atoms with Crippen LogP contribution in [0.5, 0.6) is 11.5 Å². The van der Waals surface area contributed by atoms with Crippen LogP contribution in [-0.4, -0.2) is 50.4 Å². The number of ether oxygens (including phenoxy) is 2. The van der Waals surface area contributed by atoms with Gasteiger partial charge in [-0.25, -0.2) is 8.78 Å². The van der Waals surface area contributed by atoms with Crippen LogP contribution in [0.4, 0.5) is 8.78 Å². The Morgan fingerprint density at radius 2 is 1.46 bits per heavy atom. The van der Waals surface area contributed by atoms with E-state index in [2.05, 4.69) is 4.90 Å². The summed E-state index contributed by atoms with van der Waals surface area (Å²) in [5.74, 6) is -1.64. The van der Waals surface area contributed by atoms with Gasteiger partial charge in [0.15, 0.2) is 17.3 Å². The van der Waals surface area contributed by atoms with Crippen LogP contribution in [0, 0.1) is 11.6 Å². The van der Waals surface area contributed by atoms with Crippen LogP contribution in [-0.2, 0) is 11.2 Å². The Hall–Kier alpha value is -3.78. The van der Waals surface area contributed by atoms with E-state index in [9.17, 15) is 18.4 Å². The molecule has 6 nitrogen and oxygen atoms in total. The molecule has 2 N–H and O–H groups in total. The maximum Gasteiger partial charge on any atom is 0.289 e. The van der Waals surface area contributed by atoms with Crippen molar-refractivity contribution in [3.05, 3.63) is 83.4 Å². The number of hydrogen-bond acceptors (Lipinski definition) is 5. The Bertz CT molecular complexity index is 1190. The number of hydrogen-bond donors (Lipinski definition) is 1. The predicted molar refractivity (Wildman–Crippen MR) is 139 cm³/mol. The topological polar surface area (TPSA) is 81.9 Å². The Kier molecular flexibility index (Phi) is 10.1. The number of nitrogens with two attached hydrogens (primary N) is 1. The van der Waals surface area contributed by atoms with Gasteiger partial charge in [0.25, 0.3) is 5.91 Å². The van der Waals surface area contributed by atoms with E-state index in [1.54, 1.807) is 36.4 Å². The first-order valence-electron chi connectivity index (χ1n) is 12.2. The van der Waals surface area contributed by atoms with Crippen molar-refractivity contribution in [1.82, 2.24) is 4.90 Å². The molecular formula is C29H32F2N2O4. The minimum Gasteiger partial charge on any atom is -0.493 e. The minimum atomic E-state index is -0.982. The van der Waals surface area contributed by atoms with E-state index in [0.29, 0.717) is 11.3 Å². The molecule has 0 aliphatic carbocycles. The second-order valence-corrected chi connectivity index (χ2v) is 8.70. The Morgan fingerprint density at radius 3 is 2.00 bits per heavy atom. The molecule has 8 heteroatoms. The van der Waals surface area contributed by atoms with Crippen molar-refractivity contribution in [3.63, 3.8) is 0 Å². The molecule has 196 valence electrons. The van der Waals surface area contributed by atoms with Crippen molar-refractivity contribution in [2.45, 2.75) is 25.7 Å². The Labute approximate surface area is 216 Å². The summed E-state index contributed by atoms with van der Waals surface area (Å²) in [6.07, 6.45) is 4.31. The molecule has 1 saturated heterocycles. The van der Waals surface area contributed by atoms with Crippen LogP contribution in [0.3, 0.4) is 0 Å². The highest BCUT2D eigenvalue weighted by Gasteiger charge is 2.16. The van der Waals surface area contributed by atoms with Gasteiger partial charge in [-0.3, -0.25) is 9.59 Å². The molecule has 3 aromatic carbocycles. The third kappa shape index (κ3) is 7.60. The van der Waals surface area contributed by atoms with Gasteiger partial charge in [-0.2, -0.15) is 0 Å². The number of rotatable bonds is 9. The van der Waals surface area contributed by atoms with Crippen molar-refractivity contribution in [2.75, 3.05) is 33.9 Å². The highest BCUT2D eigenvalue weighted by molar-refractivity contribution is 6.42. The van der Waals surface area contributed by atoms with Gasteiger partial charge in [0.05, 0.1) is 14.2 Å². The molecule has 37 heavy (non-hydrogen) atoms. The lowest BCUT2D eigenvalue weighted by atomic mass is 10.0. The first kappa shape index (κ1) is 27.8. The van der Waals surface area contributed by atoms with Crippen LogP contribution in [0.25, 0.3) is 11.1 Å². The van der Waals surface area contributed by atoms with Crippen molar-refractivity contribution >= 4 is 11.7 Å². The normalized spacial score (nSPS) is 13.0. The quantitative estimate of drug-likeness (QED) is 0.323. The summed E-state index contributed by atoms with van der Waals surface area (Å²) in [5, 5.41) is 0. The Balaban J connectivity index is 0.000000206. The number of Topliss-reactive ketones (excluding diaryl/α,β-unsaturated/α-hetero) is 1. The monoisotopic (exact) mass is 510 g/mol. The lowest BCUT2D eigenvalue weighted by molar-refractivity contribution is -0.114. The van der Waals surface area contributed by atoms with Gasteiger partial charge in [-0.05, 0) is 80.2 Å². The van der Waals surface area contributed by atoms with Crippen molar-refractivity contribution in [1.29, 1.82) is 0 Å². The van der Waals surface area contributed by atoms with E-state index in [0.717, 1.165) is 30.5 Å². The van der Waals surface area contributed by atoms with E-state index in [1.807, 2.05) is 0 Å². The number of ketones is 1. The summed E-state index contributed by atoms with van der Waals surface area (Å²) in [5.41, 5.74) is 7.51. The molecule has 0 aromatic heterocycles. The third-order valence-corrected chi connectivity index (χ3v) is 6.23. The van der Waals surface area contributed by atoms with E-state index in [-0.39, 0.29) is 22.9 Å². The molecule has 0 spiro atoms. The molecule has 0 saturated carbocycles. The predicted octanol–water partition coefficient (Wildman–Crippen LogP) is 5.03. The number of primary amides is 1. The molecule has 0 atom stereocenters. The van der Waals surface area contributed by atoms with Crippen molar-refractivity contribution in [2.24, 2.45) is 5.73 Å². The lowest BCUT2D eigenvalue weighted by Gasteiger charge is -2.15. The Morgan fingerprint density at radius 1 is 0.865 bits per heavy atom. The summed E-state index contributed by atoms with van der Waals surface area (Å²) < 4.78 is 37.1. The largest absolute Gasteiger partial charge is 0.493 e. The average molecular weight is 511 g/mol. The van der Waals surface area contributed by atoms with Gasteiger partial charge in [0, 0.05) is 5.56 Å². The van der Waals surface area contributed by atoms with Crippen LogP contribution in [0.2, 0.25) is 0 Å². The molecule has 3 aromatic rings. The van der Waals surface area contributed by atoms with Crippen LogP contribution >= 0.6 is 0 Å². The van der Waals surface area contributed by atoms with E-state index < -0.39 is 11.7 Å². The summed E-state index contributed by atoms with van der Waals surface area (Å²) in [7, 11) is 2.99. The number of methoxy groups -OCH3 is 2. The highest BCUT2D eigenvalue weighted by Crippen LogP contribution is 2.32. The first-order valence-corrected chi connectivity index (χ1v) is 12.2. The second kappa shape index (κ2) is 13.5. The number of carbonyl (C=O) groups is 2. The number of halogens is 2.